The standard InChI is InChI=1S/C15H10Cl2N2O/c16-8-2-4-14-11(5-8)12(7-19-14)15(20)10-3-1-9(17)6-13(10)18/h1-7,19H,18H2. The lowest BCUT2D eigenvalue weighted by Gasteiger charge is -2.04. The van der Waals surface area contributed by atoms with Crippen molar-refractivity contribution in [3.63, 3.8) is 0 Å². The lowest BCUT2D eigenvalue weighted by atomic mass is 10.0. The van der Waals surface area contributed by atoms with E-state index in [1.807, 2.05) is 6.07 Å². The number of rotatable bonds is 2. The van der Waals surface area contributed by atoms with Gasteiger partial charge in [-0.25, -0.2) is 0 Å². The average molecular weight is 305 g/mol. The Kier molecular flexibility index (Phi) is 3.16. The number of hydrogen-bond donors (Lipinski definition) is 2. The Morgan fingerprint density at radius 1 is 1.00 bits per heavy atom. The Labute approximate surface area is 125 Å². The van der Waals surface area contributed by atoms with E-state index in [1.165, 1.54) is 0 Å². The third-order valence-electron chi connectivity index (χ3n) is 3.15. The number of nitrogens with two attached hydrogens (primary N) is 1. The number of H-pyrrole nitrogens is 1. The van der Waals surface area contributed by atoms with Crippen LogP contribution in [0.1, 0.15) is 15.9 Å². The van der Waals surface area contributed by atoms with E-state index < -0.39 is 0 Å². The first-order chi connectivity index (χ1) is 9.56. The minimum Gasteiger partial charge on any atom is -0.398 e. The van der Waals surface area contributed by atoms with Gasteiger partial charge in [0.2, 0.25) is 0 Å². The monoisotopic (exact) mass is 304 g/mol. The van der Waals surface area contributed by atoms with Crippen molar-refractivity contribution < 1.29 is 4.79 Å². The highest BCUT2D eigenvalue weighted by Gasteiger charge is 2.16. The molecule has 2 aromatic carbocycles. The number of ketones is 1. The van der Waals surface area contributed by atoms with Crippen LogP contribution in [0, 0.1) is 0 Å². The second kappa shape index (κ2) is 4.85. The van der Waals surface area contributed by atoms with Crippen molar-refractivity contribution in [2.45, 2.75) is 0 Å². The molecular formula is C15H10Cl2N2O. The maximum absolute atomic E-state index is 12.6. The molecule has 0 unspecified atom stereocenters. The number of benzene rings is 2. The lowest BCUT2D eigenvalue weighted by molar-refractivity contribution is 0.104. The van der Waals surface area contributed by atoms with Gasteiger partial charge in [0.05, 0.1) is 0 Å². The molecule has 5 heteroatoms. The molecule has 1 aromatic heterocycles. The first-order valence-corrected chi connectivity index (χ1v) is 6.68. The van der Waals surface area contributed by atoms with Crippen LogP contribution in [-0.4, -0.2) is 10.8 Å². The molecule has 3 N–H and O–H groups in total. The highest BCUT2D eigenvalue weighted by molar-refractivity contribution is 6.32. The van der Waals surface area contributed by atoms with Crippen LogP contribution in [0.25, 0.3) is 10.9 Å². The number of fused-ring (bicyclic) bond motifs is 1. The van der Waals surface area contributed by atoms with E-state index in [0.29, 0.717) is 26.9 Å². The summed E-state index contributed by atoms with van der Waals surface area (Å²) >= 11 is 11.8. The third kappa shape index (κ3) is 2.15. The number of nitrogens with one attached hydrogen (secondary N) is 1. The molecule has 1 heterocycles. The zero-order valence-electron chi connectivity index (χ0n) is 10.3. The zero-order valence-corrected chi connectivity index (χ0v) is 11.8. The predicted octanol–water partition coefficient (Wildman–Crippen LogP) is 4.29. The van der Waals surface area contributed by atoms with E-state index in [0.717, 1.165) is 10.9 Å². The van der Waals surface area contributed by atoms with Crippen molar-refractivity contribution in [2.24, 2.45) is 0 Å². The molecule has 0 amide bonds. The molecule has 3 aromatic rings. The summed E-state index contributed by atoms with van der Waals surface area (Å²) in [5.41, 5.74) is 8.04. The van der Waals surface area contributed by atoms with Gasteiger partial charge in [-0.2, -0.15) is 0 Å². The largest absolute Gasteiger partial charge is 0.398 e. The van der Waals surface area contributed by atoms with Crippen molar-refractivity contribution >= 4 is 45.6 Å². The maximum atomic E-state index is 12.6. The summed E-state index contributed by atoms with van der Waals surface area (Å²) in [5.74, 6) is -0.160. The van der Waals surface area contributed by atoms with Crippen LogP contribution in [0.2, 0.25) is 10.0 Å². The molecule has 3 nitrogen and oxygen atoms in total. The minimum atomic E-state index is -0.160. The van der Waals surface area contributed by atoms with Gasteiger partial charge < -0.3 is 10.7 Å². The van der Waals surface area contributed by atoms with Gasteiger partial charge in [-0.3, -0.25) is 4.79 Å². The zero-order chi connectivity index (χ0) is 14.3. The molecule has 0 aliphatic rings. The van der Waals surface area contributed by atoms with Crippen LogP contribution in [0.4, 0.5) is 5.69 Å². The van der Waals surface area contributed by atoms with Crippen molar-refractivity contribution in [2.75, 3.05) is 5.73 Å². The number of carbonyl (C=O) groups excluding carboxylic acids is 1. The van der Waals surface area contributed by atoms with Crippen LogP contribution in [0.3, 0.4) is 0 Å². The first-order valence-electron chi connectivity index (χ1n) is 5.92. The Morgan fingerprint density at radius 2 is 1.70 bits per heavy atom. The van der Waals surface area contributed by atoms with E-state index in [4.69, 9.17) is 28.9 Å². The third-order valence-corrected chi connectivity index (χ3v) is 3.62. The van der Waals surface area contributed by atoms with Gasteiger partial charge in [0.25, 0.3) is 0 Å². The summed E-state index contributed by atoms with van der Waals surface area (Å²) in [5, 5.41) is 1.85. The summed E-state index contributed by atoms with van der Waals surface area (Å²) in [6, 6.07) is 10.2. The van der Waals surface area contributed by atoms with Crippen molar-refractivity contribution in [3.8, 4) is 0 Å². The molecule has 0 saturated carbocycles. The van der Waals surface area contributed by atoms with Gasteiger partial charge in [0, 0.05) is 44.0 Å². The lowest BCUT2D eigenvalue weighted by Crippen LogP contribution is -2.04. The van der Waals surface area contributed by atoms with Crippen LogP contribution in [-0.2, 0) is 0 Å². The maximum Gasteiger partial charge on any atom is 0.197 e. The number of halogens is 2. The van der Waals surface area contributed by atoms with E-state index >= 15 is 0 Å². The number of aromatic amines is 1. The van der Waals surface area contributed by atoms with E-state index in [9.17, 15) is 4.79 Å². The van der Waals surface area contributed by atoms with Crippen LogP contribution < -0.4 is 5.73 Å². The molecule has 3 rings (SSSR count). The summed E-state index contributed by atoms with van der Waals surface area (Å²) in [4.78, 5) is 15.6. The summed E-state index contributed by atoms with van der Waals surface area (Å²) in [6.45, 7) is 0. The second-order valence-electron chi connectivity index (χ2n) is 4.45. The molecule has 20 heavy (non-hydrogen) atoms. The SMILES string of the molecule is Nc1cc(Cl)ccc1C(=O)c1c[nH]c2ccc(Cl)cc12. The molecule has 0 radical (unpaired) electrons. The van der Waals surface area contributed by atoms with Gasteiger partial charge in [0.1, 0.15) is 0 Å². The van der Waals surface area contributed by atoms with Crippen LogP contribution in [0.15, 0.2) is 42.6 Å². The summed E-state index contributed by atoms with van der Waals surface area (Å²) in [6.07, 6.45) is 1.66. The topological polar surface area (TPSA) is 58.9 Å². The van der Waals surface area contributed by atoms with Crippen molar-refractivity contribution in [1.29, 1.82) is 0 Å². The Hall–Kier alpha value is -1.97. The molecule has 0 spiro atoms. The number of aromatic nitrogens is 1. The Bertz CT molecular complexity index is 824. The highest BCUT2D eigenvalue weighted by atomic mass is 35.5. The van der Waals surface area contributed by atoms with Gasteiger partial charge in [-0.15, -0.1) is 0 Å². The number of nitrogen functional groups attached to an aromatic ring is 1. The number of carbonyl (C=O) groups is 1. The number of anilines is 1. The molecule has 100 valence electrons. The van der Waals surface area contributed by atoms with Gasteiger partial charge >= 0.3 is 0 Å². The molecular weight excluding hydrogens is 295 g/mol. The molecule has 0 bridgehead atoms. The fourth-order valence-electron chi connectivity index (χ4n) is 2.17. The van der Waals surface area contributed by atoms with E-state index in [1.54, 1.807) is 36.5 Å². The highest BCUT2D eigenvalue weighted by Crippen LogP contribution is 2.27. The van der Waals surface area contributed by atoms with Crippen molar-refractivity contribution in [3.05, 3.63) is 63.8 Å². The smallest absolute Gasteiger partial charge is 0.197 e. The quantitative estimate of drug-likeness (QED) is 0.548. The Morgan fingerprint density at radius 3 is 2.45 bits per heavy atom. The molecule has 0 saturated heterocycles. The fraction of sp³-hybridized carbons (Fsp3) is 0. The molecule has 0 aliphatic carbocycles. The van der Waals surface area contributed by atoms with Gasteiger partial charge in [0.15, 0.2) is 5.78 Å². The average Bonchev–Trinajstić information content (AvgIpc) is 2.81. The molecule has 0 atom stereocenters. The van der Waals surface area contributed by atoms with Crippen LogP contribution >= 0.6 is 23.2 Å². The Balaban J connectivity index is 2.15. The van der Waals surface area contributed by atoms with E-state index in [2.05, 4.69) is 4.98 Å². The molecule has 0 aliphatic heterocycles. The van der Waals surface area contributed by atoms with Gasteiger partial charge in [-0.05, 0) is 36.4 Å². The first kappa shape index (κ1) is 13.0. The van der Waals surface area contributed by atoms with E-state index in [-0.39, 0.29) is 5.78 Å². The number of hydrogen-bond acceptors (Lipinski definition) is 2. The van der Waals surface area contributed by atoms with Crippen molar-refractivity contribution in [1.82, 2.24) is 4.98 Å². The summed E-state index contributed by atoms with van der Waals surface area (Å²) in [7, 11) is 0. The van der Waals surface area contributed by atoms with Gasteiger partial charge in [-0.1, -0.05) is 23.2 Å². The molecule has 0 fully saturated rings. The normalized spacial score (nSPS) is 10.9. The predicted molar refractivity (Wildman–Crippen MR) is 82.6 cm³/mol. The van der Waals surface area contributed by atoms with Crippen LogP contribution in [0.5, 0.6) is 0 Å². The minimum absolute atomic E-state index is 0.160. The second-order valence-corrected chi connectivity index (χ2v) is 5.33. The fourth-order valence-corrected chi connectivity index (χ4v) is 2.52. The summed E-state index contributed by atoms with van der Waals surface area (Å²) < 4.78 is 0.